The summed E-state index contributed by atoms with van der Waals surface area (Å²) in [6.07, 6.45) is 8.40. The molecule has 0 aromatic rings. The second-order valence-corrected chi connectivity index (χ2v) is 7.22. The van der Waals surface area contributed by atoms with E-state index in [1.54, 1.807) is 7.05 Å². The van der Waals surface area contributed by atoms with Crippen LogP contribution in [0.5, 0.6) is 0 Å². The van der Waals surface area contributed by atoms with Crippen LogP contribution in [-0.4, -0.2) is 60.4 Å². The molecule has 1 N–H and O–H groups in total. The van der Waals surface area contributed by atoms with Crippen LogP contribution in [-0.2, 0) is 9.59 Å². The summed E-state index contributed by atoms with van der Waals surface area (Å²) in [6.45, 7) is 3.76. The van der Waals surface area contributed by atoms with Crippen LogP contribution in [0, 0.1) is 5.92 Å². The number of hydrogen-bond acceptors (Lipinski definition) is 3. The highest BCUT2D eigenvalue weighted by atomic mass is 16.2. The molecule has 5 nitrogen and oxygen atoms in total. The molecule has 0 unspecified atom stereocenters. The van der Waals surface area contributed by atoms with Crippen LogP contribution in [0.15, 0.2) is 0 Å². The summed E-state index contributed by atoms with van der Waals surface area (Å²) in [7, 11) is 1.68. The fraction of sp³-hybridized carbons (Fsp3) is 0.882. The number of nitrogens with one attached hydrogen (secondary N) is 1. The highest BCUT2D eigenvalue weighted by molar-refractivity contribution is 5.87. The number of nitrogens with zero attached hydrogens (tertiary/aromatic N) is 2. The van der Waals surface area contributed by atoms with E-state index in [-0.39, 0.29) is 11.4 Å². The molecule has 3 rings (SSSR count). The van der Waals surface area contributed by atoms with E-state index in [9.17, 15) is 9.59 Å². The molecule has 3 fully saturated rings. The number of hydrogen-bond donors (Lipinski definition) is 1. The molecule has 0 radical (unpaired) electrons. The summed E-state index contributed by atoms with van der Waals surface area (Å²) in [5.41, 5.74) is -0.210. The summed E-state index contributed by atoms with van der Waals surface area (Å²) in [5.74, 6) is 0.779. The zero-order chi connectivity index (χ0) is 15.6. The Bertz CT molecular complexity index is 426. The zero-order valence-corrected chi connectivity index (χ0v) is 13.8. The molecule has 1 atom stereocenters. The Morgan fingerprint density at radius 3 is 2.41 bits per heavy atom. The molecule has 5 heteroatoms. The predicted molar refractivity (Wildman–Crippen MR) is 85.4 cm³/mol. The third kappa shape index (κ3) is 2.87. The Labute approximate surface area is 133 Å². The molecule has 0 spiro atoms. The Morgan fingerprint density at radius 2 is 1.77 bits per heavy atom. The van der Waals surface area contributed by atoms with E-state index in [1.807, 2.05) is 0 Å². The van der Waals surface area contributed by atoms with Crippen molar-refractivity contribution >= 4 is 11.8 Å². The molecule has 0 aromatic carbocycles. The van der Waals surface area contributed by atoms with E-state index in [4.69, 9.17) is 0 Å². The van der Waals surface area contributed by atoms with Crippen LogP contribution in [0.4, 0.5) is 0 Å². The fourth-order valence-corrected chi connectivity index (χ4v) is 4.61. The van der Waals surface area contributed by atoms with E-state index < -0.39 is 0 Å². The standard InChI is InChI=1S/C17H29N3O2/c1-18-15(21)12-14-6-11-19(13-14)16(22)17(7-2-3-8-17)20-9-4-5-10-20/h14H,2-13H2,1H3,(H,18,21)/t14-/m1/s1. The summed E-state index contributed by atoms with van der Waals surface area (Å²) in [4.78, 5) is 29.3. The second-order valence-electron chi connectivity index (χ2n) is 7.22. The summed E-state index contributed by atoms with van der Waals surface area (Å²) in [6, 6.07) is 0. The highest BCUT2D eigenvalue weighted by Crippen LogP contribution is 2.40. The van der Waals surface area contributed by atoms with Gasteiger partial charge in [-0.15, -0.1) is 0 Å². The number of carbonyl (C=O) groups excluding carboxylic acids is 2. The van der Waals surface area contributed by atoms with Gasteiger partial charge in [-0.1, -0.05) is 12.8 Å². The molecule has 1 aliphatic carbocycles. The van der Waals surface area contributed by atoms with Crippen LogP contribution in [0.25, 0.3) is 0 Å². The molecule has 2 heterocycles. The largest absolute Gasteiger partial charge is 0.359 e. The highest BCUT2D eigenvalue weighted by Gasteiger charge is 2.49. The lowest BCUT2D eigenvalue weighted by Crippen LogP contribution is -2.57. The van der Waals surface area contributed by atoms with Crippen LogP contribution >= 0.6 is 0 Å². The van der Waals surface area contributed by atoms with Gasteiger partial charge in [-0.25, -0.2) is 0 Å². The van der Waals surface area contributed by atoms with Gasteiger partial charge < -0.3 is 10.2 Å². The molecule has 2 amide bonds. The molecule has 0 bridgehead atoms. The van der Waals surface area contributed by atoms with Crippen molar-refractivity contribution in [2.45, 2.75) is 56.9 Å². The van der Waals surface area contributed by atoms with Crippen molar-refractivity contribution in [2.24, 2.45) is 5.92 Å². The predicted octanol–water partition coefficient (Wildman–Crippen LogP) is 1.38. The lowest BCUT2D eigenvalue weighted by Gasteiger charge is -2.40. The van der Waals surface area contributed by atoms with Gasteiger partial charge in [0, 0.05) is 26.6 Å². The molecule has 2 aliphatic heterocycles. The van der Waals surface area contributed by atoms with E-state index >= 15 is 0 Å². The molecular weight excluding hydrogens is 278 g/mol. The van der Waals surface area contributed by atoms with Crippen molar-refractivity contribution in [3.8, 4) is 0 Å². The molecule has 2 saturated heterocycles. The third-order valence-corrected chi connectivity index (χ3v) is 5.87. The van der Waals surface area contributed by atoms with Crippen molar-refractivity contribution in [2.75, 3.05) is 33.2 Å². The fourth-order valence-electron chi connectivity index (χ4n) is 4.61. The van der Waals surface area contributed by atoms with Crippen molar-refractivity contribution in [3.63, 3.8) is 0 Å². The van der Waals surface area contributed by atoms with Crippen LogP contribution in [0.2, 0.25) is 0 Å². The van der Waals surface area contributed by atoms with Gasteiger partial charge in [-0.2, -0.15) is 0 Å². The maximum Gasteiger partial charge on any atom is 0.243 e. The summed E-state index contributed by atoms with van der Waals surface area (Å²) in [5, 5.41) is 2.69. The molecular formula is C17H29N3O2. The molecule has 0 aromatic heterocycles. The Morgan fingerprint density at radius 1 is 1.09 bits per heavy atom. The van der Waals surface area contributed by atoms with Gasteiger partial charge >= 0.3 is 0 Å². The molecule has 3 aliphatic rings. The van der Waals surface area contributed by atoms with Crippen LogP contribution < -0.4 is 5.32 Å². The Balaban J connectivity index is 1.66. The van der Waals surface area contributed by atoms with Gasteiger partial charge in [0.1, 0.15) is 5.54 Å². The molecule has 22 heavy (non-hydrogen) atoms. The van der Waals surface area contributed by atoms with Gasteiger partial charge in [-0.05, 0) is 51.1 Å². The lowest BCUT2D eigenvalue weighted by atomic mass is 9.93. The number of likely N-dealkylation sites (tertiary alicyclic amines) is 2. The smallest absolute Gasteiger partial charge is 0.243 e. The Kier molecular flexibility index (Phi) is 4.71. The quantitative estimate of drug-likeness (QED) is 0.854. The lowest BCUT2D eigenvalue weighted by molar-refractivity contribution is -0.143. The minimum absolute atomic E-state index is 0.0921. The summed E-state index contributed by atoms with van der Waals surface area (Å²) >= 11 is 0. The molecule has 1 saturated carbocycles. The topological polar surface area (TPSA) is 52.7 Å². The van der Waals surface area contributed by atoms with Crippen molar-refractivity contribution in [1.29, 1.82) is 0 Å². The monoisotopic (exact) mass is 307 g/mol. The van der Waals surface area contributed by atoms with Crippen molar-refractivity contribution in [3.05, 3.63) is 0 Å². The minimum atomic E-state index is -0.210. The van der Waals surface area contributed by atoms with Gasteiger partial charge in [0.05, 0.1) is 0 Å². The third-order valence-electron chi connectivity index (χ3n) is 5.87. The molecule has 124 valence electrons. The van der Waals surface area contributed by atoms with Gasteiger partial charge in [0.2, 0.25) is 11.8 Å². The zero-order valence-electron chi connectivity index (χ0n) is 13.8. The van der Waals surface area contributed by atoms with Gasteiger partial charge in [0.15, 0.2) is 0 Å². The van der Waals surface area contributed by atoms with E-state index in [1.165, 1.54) is 25.7 Å². The van der Waals surface area contributed by atoms with Crippen molar-refractivity contribution in [1.82, 2.24) is 15.1 Å². The van der Waals surface area contributed by atoms with E-state index in [0.717, 1.165) is 45.4 Å². The van der Waals surface area contributed by atoms with Crippen LogP contribution in [0.1, 0.15) is 51.4 Å². The number of carbonyl (C=O) groups is 2. The average Bonchev–Trinajstić information content (AvgIpc) is 3.26. The second kappa shape index (κ2) is 6.57. The van der Waals surface area contributed by atoms with Crippen LogP contribution in [0.3, 0.4) is 0 Å². The van der Waals surface area contributed by atoms with Gasteiger partial charge in [0.25, 0.3) is 0 Å². The van der Waals surface area contributed by atoms with Crippen molar-refractivity contribution < 1.29 is 9.59 Å². The first kappa shape index (κ1) is 15.8. The first-order valence-corrected chi connectivity index (χ1v) is 8.91. The van der Waals surface area contributed by atoms with E-state index in [0.29, 0.717) is 18.2 Å². The average molecular weight is 307 g/mol. The maximum absolute atomic E-state index is 13.2. The summed E-state index contributed by atoms with van der Waals surface area (Å²) < 4.78 is 0. The number of rotatable bonds is 4. The number of amides is 2. The van der Waals surface area contributed by atoms with E-state index in [2.05, 4.69) is 15.1 Å². The normalized spacial score (nSPS) is 28.2. The SMILES string of the molecule is CNC(=O)C[C@H]1CCN(C(=O)C2(N3CCCC3)CCCC2)C1. The Hall–Kier alpha value is -1.10. The van der Waals surface area contributed by atoms with Gasteiger partial charge in [-0.3, -0.25) is 14.5 Å². The first-order valence-electron chi connectivity index (χ1n) is 8.91. The minimum Gasteiger partial charge on any atom is -0.359 e. The first-order chi connectivity index (χ1) is 10.7. The maximum atomic E-state index is 13.2.